The first-order valence-electron chi connectivity index (χ1n) is 9.86. The molecule has 0 saturated carbocycles. The molecule has 0 saturated heterocycles. The third kappa shape index (κ3) is 8.43. The normalized spacial score (nSPS) is 10.7. The van der Waals surface area contributed by atoms with Gasteiger partial charge in [-0.05, 0) is 57.6 Å². The second-order valence-corrected chi connectivity index (χ2v) is 6.31. The minimum atomic E-state index is -0.274. The van der Waals surface area contributed by atoms with Crippen molar-refractivity contribution in [3.63, 3.8) is 0 Å². The van der Waals surface area contributed by atoms with Crippen LogP contribution in [0.4, 0.5) is 0 Å². The van der Waals surface area contributed by atoms with Crippen LogP contribution in [0.15, 0.2) is 24.3 Å². The van der Waals surface area contributed by atoms with Crippen molar-refractivity contribution >= 4 is 11.9 Å². The zero-order valence-corrected chi connectivity index (χ0v) is 17.2. The van der Waals surface area contributed by atoms with Gasteiger partial charge in [0.2, 0.25) is 0 Å². The molecule has 0 atom stereocenters. The Morgan fingerprint density at radius 2 is 1.70 bits per heavy atom. The van der Waals surface area contributed by atoms with E-state index >= 15 is 0 Å². The van der Waals surface area contributed by atoms with Crippen LogP contribution in [0.2, 0.25) is 0 Å². The molecule has 0 heterocycles. The highest BCUT2D eigenvalue weighted by Crippen LogP contribution is 2.15. The van der Waals surface area contributed by atoms with Crippen molar-refractivity contribution in [1.29, 1.82) is 0 Å². The molecule has 6 heteroatoms. The van der Waals surface area contributed by atoms with Gasteiger partial charge in [0.1, 0.15) is 5.75 Å². The fourth-order valence-electron chi connectivity index (χ4n) is 2.89. The second-order valence-electron chi connectivity index (χ2n) is 6.31. The third-order valence-corrected chi connectivity index (χ3v) is 4.54. The van der Waals surface area contributed by atoms with E-state index < -0.39 is 0 Å². The summed E-state index contributed by atoms with van der Waals surface area (Å²) in [6.45, 7) is 10.5. The van der Waals surface area contributed by atoms with E-state index in [2.05, 4.69) is 18.7 Å². The van der Waals surface area contributed by atoms with Crippen LogP contribution >= 0.6 is 0 Å². The van der Waals surface area contributed by atoms with E-state index in [1.54, 1.807) is 37.1 Å². The predicted octanol–water partition coefficient (Wildman–Crippen LogP) is 3.21. The van der Waals surface area contributed by atoms with E-state index in [0.717, 1.165) is 32.5 Å². The fourth-order valence-corrected chi connectivity index (χ4v) is 2.89. The molecule has 0 aliphatic rings. The summed E-state index contributed by atoms with van der Waals surface area (Å²) in [5, 5.41) is 0. The van der Waals surface area contributed by atoms with E-state index in [1.165, 1.54) is 0 Å². The van der Waals surface area contributed by atoms with E-state index in [9.17, 15) is 9.59 Å². The van der Waals surface area contributed by atoms with Gasteiger partial charge in [-0.25, -0.2) is 0 Å². The number of rotatable bonds is 13. The van der Waals surface area contributed by atoms with Crippen molar-refractivity contribution in [2.45, 2.75) is 40.0 Å². The lowest BCUT2D eigenvalue weighted by Gasteiger charge is -2.24. The smallest absolute Gasteiger partial charge is 0.307 e. The van der Waals surface area contributed by atoms with Gasteiger partial charge in [0, 0.05) is 18.7 Å². The first-order valence-corrected chi connectivity index (χ1v) is 9.86. The van der Waals surface area contributed by atoms with Crippen molar-refractivity contribution in [2.24, 2.45) is 0 Å². The van der Waals surface area contributed by atoms with Crippen molar-refractivity contribution < 1.29 is 19.1 Å². The standard InChI is InChI=1S/C21H34N2O4/c1-5-22(6-2)14-8-9-15-23(16-13-20(24)27-7-3)21(25)18-11-10-12-19(17-18)26-4/h10-12,17H,5-9,13-16H2,1-4H3. The number of ether oxygens (including phenoxy) is 2. The van der Waals surface area contributed by atoms with Gasteiger partial charge >= 0.3 is 5.97 Å². The van der Waals surface area contributed by atoms with Crippen LogP contribution in [0.5, 0.6) is 5.75 Å². The lowest BCUT2D eigenvalue weighted by Crippen LogP contribution is -2.34. The lowest BCUT2D eigenvalue weighted by molar-refractivity contribution is -0.143. The number of benzene rings is 1. The van der Waals surface area contributed by atoms with Gasteiger partial charge in [0.25, 0.3) is 5.91 Å². The van der Waals surface area contributed by atoms with E-state index in [-0.39, 0.29) is 18.3 Å². The quantitative estimate of drug-likeness (QED) is 0.390. The van der Waals surface area contributed by atoms with Gasteiger partial charge in [0.15, 0.2) is 0 Å². The average Bonchev–Trinajstić information content (AvgIpc) is 2.70. The fraction of sp³-hybridized carbons (Fsp3) is 0.619. The maximum atomic E-state index is 12.9. The Kier molecular flexibility index (Phi) is 11.2. The Morgan fingerprint density at radius 1 is 1.00 bits per heavy atom. The number of unbranched alkanes of at least 4 members (excludes halogenated alkanes) is 1. The summed E-state index contributed by atoms with van der Waals surface area (Å²) in [6.07, 6.45) is 2.12. The number of esters is 1. The van der Waals surface area contributed by atoms with Crippen LogP contribution in [-0.2, 0) is 9.53 Å². The van der Waals surface area contributed by atoms with E-state index in [1.807, 2.05) is 6.07 Å². The third-order valence-electron chi connectivity index (χ3n) is 4.54. The topological polar surface area (TPSA) is 59.1 Å². The van der Waals surface area contributed by atoms with Crippen molar-refractivity contribution in [3.05, 3.63) is 29.8 Å². The number of hydrogen-bond acceptors (Lipinski definition) is 5. The van der Waals surface area contributed by atoms with Gasteiger partial charge in [-0.1, -0.05) is 19.9 Å². The zero-order valence-electron chi connectivity index (χ0n) is 17.2. The number of methoxy groups -OCH3 is 1. The number of amides is 1. The van der Waals surface area contributed by atoms with Crippen LogP contribution in [0.25, 0.3) is 0 Å². The summed E-state index contributed by atoms with van der Waals surface area (Å²) in [4.78, 5) is 28.8. The van der Waals surface area contributed by atoms with Crippen LogP contribution in [0.3, 0.4) is 0 Å². The summed E-state index contributed by atoms with van der Waals surface area (Å²) in [7, 11) is 1.58. The lowest BCUT2D eigenvalue weighted by atomic mass is 10.1. The molecule has 0 aliphatic carbocycles. The molecule has 1 aromatic carbocycles. The average molecular weight is 379 g/mol. The predicted molar refractivity (Wildman–Crippen MR) is 107 cm³/mol. The van der Waals surface area contributed by atoms with Crippen LogP contribution in [0, 0.1) is 0 Å². The molecule has 0 unspecified atom stereocenters. The SMILES string of the molecule is CCOC(=O)CCN(CCCCN(CC)CC)C(=O)c1cccc(OC)c1. The Bertz CT molecular complexity index is 573. The maximum absolute atomic E-state index is 12.9. The number of nitrogens with zero attached hydrogens (tertiary/aromatic N) is 2. The first kappa shape index (κ1) is 23.0. The Morgan fingerprint density at radius 3 is 2.33 bits per heavy atom. The summed E-state index contributed by atoms with van der Waals surface area (Å²) in [5.74, 6) is 0.290. The monoisotopic (exact) mass is 378 g/mol. The summed E-state index contributed by atoms with van der Waals surface area (Å²) >= 11 is 0. The van der Waals surface area contributed by atoms with Crippen LogP contribution in [-0.4, -0.2) is 68.1 Å². The first-order chi connectivity index (χ1) is 13.0. The molecule has 0 fully saturated rings. The van der Waals surface area contributed by atoms with Crippen molar-refractivity contribution in [3.8, 4) is 5.75 Å². The highest BCUT2D eigenvalue weighted by atomic mass is 16.5. The van der Waals surface area contributed by atoms with Gasteiger partial charge in [-0.3, -0.25) is 9.59 Å². The molecule has 1 rings (SSSR count). The summed E-state index contributed by atoms with van der Waals surface area (Å²) in [5.41, 5.74) is 0.571. The molecule has 1 amide bonds. The van der Waals surface area contributed by atoms with Gasteiger partial charge in [-0.15, -0.1) is 0 Å². The second kappa shape index (κ2) is 13.1. The highest BCUT2D eigenvalue weighted by Gasteiger charge is 2.18. The molecule has 0 N–H and O–H groups in total. The molecule has 27 heavy (non-hydrogen) atoms. The molecule has 0 radical (unpaired) electrons. The Balaban J connectivity index is 2.70. The van der Waals surface area contributed by atoms with Gasteiger partial charge in [0.05, 0.1) is 20.1 Å². The summed E-state index contributed by atoms with van der Waals surface area (Å²) < 4.78 is 10.2. The largest absolute Gasteiger partial charge is 0.497 e. The van der Waals surface area contributed by atoms with Gasteiger partial charge < -0.3 is 19.3 Å². The minimum Gasteiger partial charge on any atom is -0.497 e. The molecule has 1 aromatic rings. The van der Waals surface area contributed by atoms with E-state index in [4.69, 9.17) is 9.47 Å². The highest BCUT2D eigenvalue weighted by molar-refractivity contribution is 5.94. The summed E-state index contributed by atoms with van der Waals surface area (Å²) in [6, 6.07) is 7.12. The number of carbonyl (C=O) groups excluding carboxylic acids is 2. The molecule has 152 valence electrons. The molecule has 0 aromatic heterocycles. The zero-order chi connectivity index (χ0) is 20.1. The minimum absolute atomic E-state index is 0.0824. The Labute approximate surface area is 163 Å². The van der Waals surface area contributed by atoms with Gasteiger partial charge in [-0.2, -0.15) is 0 Å². The molecule has 0 spiro atoms. The number of hydrogen-bond donors (Lipinski definition) is 0. The molecular formula is C21H34N2O4. The Hall–Kier alpha value is -2.08. The van der Waals surface area contributed by atoms with E-state index in [0.29, 0.717) is 31.0 Å². The maximum Gasteiger partial charge on any atom is 0.307 e. The van der Waals surface area contributed by atoms with Crippen LogP contribution < -0.4 is 4.74 Å². The van der Waals surface area contributed by atoms with Crippen LogP contribution in [0.1, 0.15) is 50.4 Å². The molecule has 0 bridgehead atoms. The van der Waals surface area contributed by atoms with Crippen molar-refractivity contribution in [2.75, 3.05) is 46.4 Å². The van der Waals surface area contributed by atoms with Crippen molar-refractivity contribution in [1.82, 2.24) is 9.80 Å². The number of carbonyl (C=O) groups is 2. The molecule has 6 nitrogen and oxygen atoms in total. The molecular weight excluding hydrogens is 344 g/mol. The molecule has 0 aliphatic heterocycles.